The van der Waals surface area contributed by atoms with Crippen LogP contribution in [0.1, 0.15) is 33.2 Å². The second-order valence-electron chi connectivity index (χ2n) is 6.54. The quantitative estimate of drug-likeness (QED) is 0.703. The van der Waals surface area contributed by atoms with Crippen LogP contribution in [0.3, 0.4) is 0 Å². The average Bonchev–Trinajstić information content (AvgIpc) is 2.73. The molecule has 0 atom stereocenters. The van der Waals surface area contributed by atoms with Crippen molar-refractivity contribution in [1.29, 1.82) is 0 Å². The number of benzene rings is 2. The van der Waals surface area contributed by atoms with Crippen LogP contribution in [0.5, 0.6) is 0 Å². The van der Waals surface area contributed by atoms with Gasteiger partial charge in [-0.05, 0) is 48.4 Å². The van der Waals surface area contributed by atoms with E-state index in [1.54, 1.807) is 21.9 Å². The number of hydrogen-bond donors (Lipinski definition) is 0. The van der Waals surface area contributed by atoms with E-state index >= 15 is 0 Å². The Morgan fingerprint density at radius 2 is 1.29 bits per heavy atom. The molecule has 1 aliphatic heterocycles. The van der Waals surface area contributed by atoms with Gasteiger partial charge in [-0.25, -0.2) is 0 Å². The minimum Gasteiger partial charge on any atom is -0.335 e. The number of piperazine rings is 1. The Bertz CT molecular complexity index is 817. The van der Waals surface area contributed by atoms with E-state index in [0.29, 0.717) is 54.0 Å². The summed E-state index contributed by atoms with van der Waals surface area (Å²) in [5, 5.41) is 0. The molecule has 1 fully saturated rings. The number of amides is 2. The van der Waals surface area contributed by atoms with Gasteiger partial charge < -0.3 is 9.80 Å². The fourth-order valence-corrected chi connectivity index (χ4v) is 3.64. The third kappa shape index (κ3) is 4.90. The molecule has 2 aromatic rings. The first-order valence-corrected chi connectivity index (χ1v) is 10.1. The summed E-state index contributed by atoms with van der Waals surface area (Å²) in [6, 6.07) is 13.8. The summed E-state index contributed by atoms with van der Waals surface area (Å²) in [4.78, 5) is 29.1. The lowest BCUT2D eigenvalue weighted by atomic mass is 10.1. The Hall–Kier alpha value is -2.41. The van der Waals surface area contributed by atoms with Crippen LogP contribution < -0.4 is 0 Å². The summed E-state index contributed by atoms with van der Waals surface area (Å²) in [6.07, 6.45) is 0.928. The van der Waals surface area contributed by atoms with Crippen molar-refractivity contribution in [3.8, 4) is 0 Å². The van der Waals surface area contributed by atoms with Crippen LogP contribution in [0.4, 0.5) is 8.78 Å². The van der Waals surface area contributed by atoms with E-state index in [-0.39, 0.29) is 11.8 Å². The number of aryl methyl sites for hydroxylation is 1. The molecule has 0 N–H and O–H groups in total. The standard InChI is InChI=1S/C21H22F2N2O2S/c1-2-15-3-5-16(6-4-15)19(26)24-11-13-25(14-12-24)20(27)17-7-9-18(10-8-17)28-21(22)23/h3-10,21H,2,11-14H2,1H3. The van der Waals surface area contributed by atoms with Crippen LogP contribution in [-0.2, 0) is 6.42 Å². The molecule has 3 rings (SSSR count). The van der Waals surface area contributed by atoms with Crippen molar-refractivity contribution >= 4 is 23.6 Å². The number of nitrogens with zero attached hydrogens (tertiary/aromatic N) is 2. The minimum absolute atomic E-state index is 0.0249. The fourth-order valence-electron chi connectivity index (χ4n) is 3.14. The van der Waals surface area contributed by atoms with Crippen molar-refractivity contribution in [1.82, 2.24) is 9.80 Å². The SMILES string of the molecule is CCc1ccc(C(=O)N2CCN(C(=O)c3ccc(SC(F)F)cc3)CC2)cc1. The molecular formula is C21H22F2N2O2S. The second-order valence-corrected chi connectivity index (χ2v) is 7.60. The third-order valence-corrected chi connectivity index (χ3v) is 5.51. The normalized spacial score (nSPS) is 14.4. The lowest BCUT2D eigenvalue weighted by Crippen LogP contribution is -2.50. The predicted octanol–water partition coefficient (Wildman–Crippen LogP) is 4.16. The van der Waals surface area contributed by atoms with Gasteiger partial charge >= 0.3 is 0 Å². The van der Waals surface area contributed by atoms with Crippen LogP contribution in [0, 0.1) is 0 Å². The van der Waals surface area contributed by atoms with Gasteiger partial charge in [0, 0.05) is 42.2 Å². The highest BCUT2D eigenvalue weighted by molar-refractivity contribution is 7.99. The molecule has 1 saturated heterocycles. The van der Waals surface area contributed by atoms with Crippen molar-refractivity contribution in [2.75, 3.05) is 26.2 Å². The van der Waals surface area contributed by atoms with Gasteiger partial charge in [-0.1, -0.05) is 30.8 Å². The number of rotatable bonds is 5. The van der Waals surface area contributed by atoms with Gasteiger partial charge in [0.2, 0.25) is 0 Å². The molecule has 4 nitrogen and oxygen atoms in total. The number of halogens is 2. The Morgan fingerprint density at radius 1 is 0.857 bits per heavy atom. The first-order valence-electron chi connectivity index (χ1n) is 9.20. The fraction of sp³-hybridized carbons (Fsp3) is 0.333. The molecule has 0 spiro atoms. The summed E-state index contributed by atoms with van der Waals surface area (Å²) in [7, 11) is 0. The molecule has 1 heterocycles. The Labute approximate surface area is 167 Å². The lowest BCUT2D eigenvalue weighted by molar-refractivity contribution is 0.0535. The van der Waals surface area contributed by atoms with Crippen LogP contribution in [0.15, 0.2) is 53.4 Å². The number of carbonyl (C=O) groups excluding carboxylic acids is 2. The highest BCUT2D eigenvalue weighted by Gasteiger charge is 2.25. The molecule has 0 aliphatic carbocycles. The van der Waals surface area contributed by atoms with Gasteiger partial charge in [0.05, 0.1) is 0 Å². The molecule has 28 heavy (non-hydrogen) atoms. The number of alkyl halides is 2. The Morgan fingerprint density at radius 3 is 1.68 bits per heavy atom. The van der Waals surface area contributed by atoms with Gasteiger partial charge in [-0.15, -0.1) is 0 Å². The largest absolute Gasteiger partial charge is 0.335 e. The molecule has 0 aromatic heterocycles. The van der Waals surface area contributed by atoms with Gasteiger partial charge in [0.1, 0.15) is 0 Å². The van der Waals surface area contributed by atoms with Gasteiger partial charge in [0.15, 0.2) is 0 Å². The highest BCUT2D eigenvalue weighted by atomic mass is 32.2. The van der Waals surface area contributed by atoms with Crippen LogP contribution in [0.25, 0.3) is 0 Å². The van der Waals surface area contributed by atoms with Crippen molar-refractivity contribution in [3.05, 3.63) is 65.2 Å². The Balaban J connectivity index is 1.56. The monoisotopic (exact) mass is 404 g/mol. The smallest absolute Gasteiger partial charge is 0.288 e. The molecule has 0 radical (unpaired) electrons. The third-order valence-electron chi connectivity index (χ3n) is 4.79. The van der Waals surface area contributed by atoms with E-state index in [2.05, 4.69) is 6.92 Å². The van der Waals surface area contributed by atoms with Crippen LogP contribution >= 0.6 is 11.8 Å². The second kappa shape index (κ2) is 9.19. The van der Waals surface area contributed by atoms with Gasteiger partial charge in [-0.3, -0.25) is 9.59 Å². The molecule has 148 valence electrons. The topological polar surface area (TPSA) is 40.6 Å². The van der Waals surface area contributed by atoms with Gasteiger partial charge in [0.25, 0.3) is 17.6 Å². The van der Waals surface area contributed by atoms with E-state index in [1.807, 2.05) is 24.3 Å². The van der Waals surface area contributed by atoms with E-state index in [4.69, 9.17) is 0 Å². The maximum Gasteiger partial charge on any atom is 0.288 e. The first kappa shape index (κ1) is 20.3. The van der Waals surface area contributed by atoms with E-state index < -0.39 is 5.76 Å². The summed E-state index contributed by atoms with van der Waals surface area (Å²) in [6.45, 7) is 3.91. The molecule has 2 aromatic carbocycles. The zero-order valence-corrected chi connectivity index (χ0v) is 16.4. The van der Waals surface area contributed by atoms with E-state index in [9.17, 15) is 18.4 Å². The summed E-state index contributed by atoms with van der Waals surface area (Å²) >= 11 is 0.456. The predicted molar refractivity (Wildman–Crippen MR) is 106 cm³/mol. The summed E-state index contributed by atoms with van der Waals surface area (Å²) in [5.41, 5.74) is 2.31. The van der Waals surface area contributed by atoms with Crippen molar-refractivity contribution in [2.45, 2.75) is 24.0 Å². The van der Waals surface area contributed by atoms with Crippen molar-refractivity contribution in [3.63, 3.8) is 0 Å². The van der Waals surface area contributed by atoms with E-state index in [1.165, 1.54) is 17.7 Å². The number of hydrogen-bond acceptors (Lipinski definition) is 3. The van der Waals surface area contributed by atoms with Crippen LogP contribution in [-0.4, -0.2) is 53.6 Å². The average molecular weight is 404 g/mol. The molecular weight excluding hydrogens is 382 g/mol. The molecule has 2 amide bonds. The number of carbonyl (C=O) groups is 2. The van der Waals surface area contributed by atoms with Crippen molar-refractivity contribution in [2.24, 2.45) is 0 Å². The molecule has 0 unspecified atom stereocenters. The first-order chi connectivity index (χ1) is 13.5. The number of thioether (sulfide) groups is 1. The zero-order chi connectivity index (χ0) is 20.1. The highest BCUT2D eigenvalue weighted by Crippen LogP contribution is 2.25. The summed E-state index contributed by atoms with van der Waals surface area (Å²) in [5.74, 6) is -2.65. The van der Waals surface area contributed by atoms with Crippen LogP contribution in [0.2, 0.25) is 0 Å². The van der Waals surface area contributed by atoms with Crippen molar-refractivity contribution < 1.29 is 18.4 Å². The molecule has 1 aliphatic rings. The zero-order valence-electron chi connectivity index (χ0n) is 15.6. The molecule has 0 bridgehead atoms. The Kier molecular flexibility index (Phi) is 6.67. The maximum absolute atomic E-state index is 12.6. The lowest BCUT2D eigenvalue weighted by Gasteiger charge is -2.35. The summed E-state index contributed by atoms with van der Waals surface area (Å²) < 4.78 is 24.8. The minimum atomic E-state index is -2.48. The molecule has 0 saturated carbocycles. The molecule has 7 heteroatoms. The maximum atomic E-state index is 12.6. The van der Waals surface area contributed by atoms with Gasteiger partial charge in [-0.2, -0.15) is 8.78 Å². The van der Waals surface area contributed by atoms with E-state index in [0.717, 1.165) is 6.42 Å².